The van der Waals surface area contributed by atoms with Gasteiger partial charge in [0.15, 0.2) is 0 Å². The Morgan fingerprint density at radius 2 is 2.00 bits per heavy atom. The number of nitrogens with one attached hydrogen (secondary N) is 1. The second-order valence-corrected chi connectivity index (χ2v) is 2.20. The van der Waals surface area contributed by atoms with Gasteiger partial charge in [-0.25, -0.2) is 0 Å². The molecule has 60 valence electrons. The SMILES string of the molecule is C=C/C=C\C=C(/C)C(=C)NC. The van der Waals surface area contributed by atoms with E-state index >= 15 is 0 Å². The van der Waals surface area contributed by atoms with Crippen molar-refractivity contribution in [1.82, 2.24) is 5.32 Å². The van der Waals surface area contributed by atoms with Crippen molar-refractivity contribution in [1.29, 1.82) is 0 Å². The van der Waals surface area contributed by atoms with Crippen molar-refractivity contribution in [3.63, 3.8) is 0 Å². The zero-order valence-corrected chi connectivity index (χ0v) is 7.22. The fraction of sp³-hybridized carbons (Fsp3) is 0.200. The zero-order chi connectivity index (χ0) is 8.69. The Morgan fingerprint density at radius 3 is 2.45 bits per heavy atom. The molecule has 0 fully saturated rings. The van der Waals surface area contributed by atoms with E-state index in [0.29, 0.717) is 0 Å². The van der Waals surface area contributed by atoms with Crippen LogP contribution in [0.3, 0.4) is 0 Å². The summed E-state index contributed by atoms with van der Waals surface area (Å²) >= 11 is 0. The van der Waals surface area contributed by atoms with E-state index in [1.165, 1.54) is 0 Å². The summed E-state index contributed by atoms with van der Waals surface area (Å²) in [6, 6.07) is 0. The van der Waals surface area contributed by atoms with Crippen LogP contribution in [0.2, 0.25) is 0 Å². The molecule has 0 aromatic heterocycles. The molecule has 0 saturated heterocycles. The van der Waals surface area contributed by atoms with Crippen LogP contribution in [0.5, 0.6) is 0 Å². The smallest absolute Gasteiger partial charge is 0.0294 e. The Kier molecular flexibility index (Phi) is 4.91. The monoisotopic (exact) mass is 149 g/mol. The van der Waals surface area contributed by atoms with Crippen LogP contribution in [0.15, 0.2) is 48.7 Å². The van der Waals surface area contributed by atoms with Gasteiger partial charge < -0.3 is 5.32 Å². The largest absolute Gasteiger partial charge is 0.388 e. The van der Waals surface area contributed by atoms with Crippen LogP contribution in [-0.4, -0.2) is 7.05 Å². The number of hydrogen-bond donors (Lipinski definition) is 1. The van der Waals surface area contributed by atoms with Crippen LogP contribution < -0.4 is 5.32 Å². The molecule has 0 bridgehead atoms. The number of rotatable bonds is 4. The van der Waals surface area contributed by atoms with E-state index in [9.17, 15) is 0 Å². The minimum Gasteiger partial charge on any atom is -0.388 e. The van der Waals surface area contributed by atoms with Gasteiger partial charge in [0, 0.05) is 12.7 Å². The lowest BCUT2D eigenvalue weighted by atomic mass is 10.2. The molecule has 0 spiro atoms. The molecule has 0 rings (SSSR count). The van der Waals surface area contributed by atoms with Crippen LogP contribution in [-0.2, 0) is 0 Å². The van der Waals surface area contributed by atoms with Crippen molar-refractivity contribution in [3.05, 3.63) is 48.7 Å². The second-order valence-electron chi connectivity index (χ2n) is 2.20. The van der Waals surface area contributed by atoms with Crippen molar-refractivity contribution < 1.29 is 0 Å². The second kappa shape index (κ2) is 5.54. The third kappa shape index (κ3) is 4.20. The third-order valence-electron chi connectivity index (χ3n) is 1.37. The lowest BCUT2D eigenvalue weighted by molar-refractivity contribution is 1.01. The first kappa shape index (κ1) is 9.76. The Bertz CT molecular complexity index is 197. The van der Waals surface area contributed by atoms with Gasteiger partial charge in [-0.15, -0.1) is 0 Å². The summed E-state index contributed by atoms with van der Waals surface area (Å²) in [7, 11) is 1.86. The van der Waals surface area contributed by atoms with Crippen molar-refractivity contribution in [2.75, 3.05) is 7.05 Å². The molecular weight excluding hydrogens is 134 g/mol. The predicted molar refractivity (Wildman–Crippen MR) is 51.3 cm³/mol. The van der Waals surface area contributed by atoms with E-state index in [-0.39, 0.29) is 0 Å². The molecule has 0 radical (unpaired) electrons. The van der Waals surface area contributed by atoms with Crippen LogP contribution in [0.1, 0.15) is 6.92 Å². The van der Waals surface area contributed by atoms with Gasteiger partial charge in [-0.1, -0.05) is 37.5 Å². The zero-order valence-electron chi connectivity index (χ0n) is 7.22. The Hall–Kier alpha value is -1.24. The molecule has 0 aliphatic carbocycles. The predicted octanol–water partition coefficient (Wildman–Crippen LogP) is 2.41. The molecule has 1 N–H and O–H groups in total. The van der Waals surface area contributed by atoms with Crippen molar-refractivity contribution in [3.8, 4) is 0 Å². The number of hydrogen-bond acceptors (Lipinski definition) is 1. The van der Waals surface area contributed by atoms with Crippen molar-refractivity contribution in [2.45, 2.75) is 6.92 Å². The maximum Gasteiger partial charge on any atom is 0.0294 e. The summed E-state index contributed by atoms with van der Waals surface area (Å²) in [6.07, 6.45) is 7.55. The van der Waals surface area contributed by atoms with E-state index in [1.54, 1.807) is 6.08 Å². The van der Waals surface area contributed by atoms with Gasteiger partial charge in [0.05, 0.1) is 0 Å². The summed E-state index contributed by atoms with van der Waals surface area (Å²) in [4.78, 5) is 0. The summed E-state index contributed by atoms with van der Waals surface area (Å²) in [5.41, 5.74) is 2.07. The average Bonchev–Trinajstić information content (AvgIpc) is 2.03. The lowest BCUT2D eigenvalue weighted by Gasteiger charge is -2.01. The molecule has 11 heavy (non-hydrogen) atoms. The minimum absolute atomic E-state index is 0.943. The van der Waals surface area contributed by atoms with E-state index < -0.39 is 0 Å². The molecule has 0 saturated carbocycles. The van der Waals surface area contributed by atoms with E-state index in [0.717, 1.165) is 11.3 Å². The number of likely N-dealkylation sites (N-methyl/N-ethyl adjacent to an activating group) is 1. The highest BCUT2D eigenvalue weighted by molar-refractivity contribution is 5.28. The molecule has 0 heterocycles. The van der Waals surface area contributed by atoms with Gasteiger partial charge in [-0.2, -0.15) is 0 Å². The highest BCUT2D eigenvalue weighted by Gasteiger charge is 1.88. The fourth-order valence-electron chi connectivity index (χ4n) is 0.576. The summed E-state index contributed by atoms with van der Waals surface area (Å²) < 4.78 is 0. The van der Waals surface area contributed by atoms with Gasteiger partial charge in [0.1, 0.15) is 0 Å². The average molecular weight is 149 g/mol. The van der Waals surface area contributed by atoms with Gasteiger partial charge in [0.2, 0.25) is 0 Å². The van der Waals surface area contributed by atoms with Gasteiger partial charge >= 0.3 is 0 Å². The molecular formula is C10H15N. The van der Waals surface area contributed by atoms with Crippen LogP contribution >= 0.6 is 0 Å². The molecule has 0 aliphatic rings. The summed E-state index contributed by atoms with van der Waals surface area (Å²) in [5, 5.41) is 2.97. The first-order valence-electron chi connectivity index (χ1n) is 3.55. The molecule has 0 atom stereocenters. The van der Waals surface area contributed by atoms with E-state index in [4.69, 9.17) is 0 Å². The maximum atomic E-state index is 3.81. The minimum atomic E-state index is 0.943. The molecule has 0 aliphatic heterocycles. The standard InChI is InChI=1S/C10H15N/c1-5-6-7-8-9(2)10(3)11-4/h5-8,11H,1,3H2,2,4H3/b7-6-,9-8+. The molecule has 0 aromatic rings. The normalized spacial score (nSPS) is 11.6. The fourth-order valence-corrected chi connectivity index (χ4v) is 0.576. The first-order valence-corrected chi connectivity index (χ1v) is 3.55. The summed E-state index contributed by atoms with van der Waals surface area (Å²) in [6.45, 7) is 9.39. The van der Waals surface area contributed by atoms with Crippen molar-refractivity contribution >= 4 is 0 Å². The van der Waals surface area contributed by atoms with Crippen LogP contribution in [0.25, 0.3) is 0 Å². The Balaban J connectivity index is 4.10. The Morgan fingerprint density at radius 1 is 1.36 bits per heavy atom. The molecule has 1 heteroatoms. The first-order chi connectivity index (χ1) is 5.22. The highest BCUT2D eigenvalue weighted by Crippen LogP contribution is 2.01. The van der Waals surface area contributed by atoms with Gasteiger partial charge in [-0.05, 0) is 12.5 Å². The third-order valence-corrected chi connectivity index (χ3v) is 1.37. The molecule has 0 aromatic carbocycles. The molecule has 0 unspecified atom stereocenters. The van der Waals surface area contributed by atoms with Crippen molar-refractivity contribution in [2.24, 2.45) is 0 Å². The van der Waals surface area contributed by atoms with Crippen LogP contribution in [0.4, 0.5) is 0 Å². The topological polar surface area (TPSA) is 12.0 Å². The van der Waals surface area contributed by atoms with Gasteiger partial charge in [0.25, 0.3) is 0 Å². The van der Waals surface area contributed by atoms with Gasteiger partial charge in [-0.3, -0.25) is 0 Å². The molecule has 0 amide bonds. The lowest BCUT2D eigenvalue weighted by Crippen LogP contribution is -2.04. The number of allylic oxidation sites excluding steroid dienone is 5. The molecule has 1 nitrogen and oxygen atoms in total. The van der Waals surface area contributed by atoms with Crippen LogP contribution in [0, 0.1) is 0 Å². The quantitative estimate of drug-likeness (QED) is 0.605. The van der Waals surface area contributed by atoms with E-state index in [2.05, 4.69) is 18.5 Å². The van der Waals surface area contributed by atoms with E-state index in [1.807, 2.05) is 32.2 Å². The maximum absolute atomic E-state index is 3.81. The highest BCUT2D eigenvalue weighted by atomic mass is 14.8. The Labute approximate surface area is 68.8 Å². The summed E-state index contributed by atoms with van der Waals surface area (Å²) in [5.74, 6) is 0.